The van der Waals surface area contributed by atoms with Gasteiger partial charge in [-0.3, -0.25) is 14.9 Å². The molecule has 1 fully saturated rings. The van der Waals surface area contributed by atoms with Crippen LogP contribution in [0.15, 0.2) is 12.1 Å². The Hall–Kier alpha value is -1.76. The van der Waals surface area contributed by atoms with E-state index in [4.69, 9.17) is 11.6 Å². The van der Waals surface area contributed by atoms with Crippen molar-refractivity contribution < 1.29 is 18.5 Å². The lowest BCUT2D eigenvalue weighted by atomic mass is 9.98. The molecule has 1 amide bonds. The van der Waals surface area contributed by atoms with E-state index in [-0.39, 0.29) is 17.8 Å². The van der Waals surface area contributed by atoms with Crippen molar-refractivity contribution in [2.45, 2.75) is 18.7 Å². The molecule has 0 aromatic heterocycles. The molecule has 1 aromatic carbocycles. The van der Waals surface area contributed by atoms with E-state index in [0.29, 0.717) is 19.0 Å². The van der Waals surface area contributed by atoms with Gasteiger partial charge >= 0.3 is 5.69 Å². The number of rotatable bonds is 2. The maximum Gasteiger partial charge on any atom is 0.305 e. The Labute approximate surface area is 124 Å². The molecule has 0 bridgehead atoms. The summed E-state index contributed by atoms with van der Waals surface area (Å²) in [5.74, 6) is -3.29. The first kappa shape index (κ1) is 15.6. The molecule has 1 aliphatic heterocycles. The molecule has 21 heavy (non-hydrogen) atoms. The number of benzene rings is 1. The second-order valence-corrected chi connectivity index (χ2v) is 5.61. The zero-order valence-electron chi connectivity index (χ0n) is 11.2. The molecule has 0 spiro atoms. The summed E-state index contributed by atoms with van der Waals surface area (Å²) in [6, 6.07) is 1.42. The Morgan fingerprint density at radius 2 is 2.14 bits per heavy atom. The summed E-state index contributed by atoms with van der Waals surface area (Å²) in [6.07, 6.45) is 0.609. The summed E-state index contributed by atoms with van der Waals surface area (Å²) >= 11 is 6.07. The average Bonchev–Trinajstić information content (AvgIpc) is 2.41. The lowest BCUT2D eigenvalue weighted by molar-refractivity contribution is -0.387. The fourth-order valence-electron chi connectivity index (χ4n) is 2.24. The van der Waals surface area contributed by atoms with E-state index in [0.717, 1.165) is 6.07 Å². The van der Waals surface area contributed by atoms with Crippen LogP contribution in [0.4, 0.5) is 14.5 Å². The average molecular weight is 319 g/mol. The molecule has 1 heterocycles. The molecule has 2 atom stereocenters. The van der Waals surface area contributed by atoms with Crippen LogP contribution in [0.1, 0.15) is 23.7 Å². The van der Waals surface area contributed by atoms with Gasteiger partial charge in [-0.25, -0.2) is 4.39 Å². The molecule has 0 saturated carbocycles. The summed E-state index contributed by atoms with van der Waals surface area (Å²) in [5, 5.41) is 10.4. The number of piperidine rings is 1. The minimum Gasteiger partial charge on any atom is -0.337 e. The van der Waals surface area contributed by atoms with Gasteiger partial charge in [-0.15, -0.1) is 11.6 Å². The molecule has 1 aromatic rings. The predicted octanol–water partition coefficient (Wildman–Crippen LogP) is 2.96. The van der Waals surface area contributed by atoms with Crippen molar-refractivity contribution in [3.63, 3.8) is 0 Å². The summed E-state index contributed by atoms with van der Waals surface area (Å²) in [6.45, 7) is 2.39. The van der Waals surface area contributed by atoms with Crippen molar-refractivity contribution in [3.8, 4) is 0 Å². The Bertz CT molecular complexity index is 597. The highest BCUT2D eigenvalue weighted by atomic mass is 35.5. The predicted molar refractivity (Wildman–Crippen MR) is 72.3 cm³/mol. The first-order valence-corrected chi connectivity index (χ1v) is 6.82. The van der Waals surface area contributed by atoms with Crippen molar-refractivity contribution in [3.05, 3.63) is 39.4 Å². The maximum absolute atomic E-state index is 14.0. The zero-order chi connectivity index (χ0) is 15.7. The number of amides is 1. The Morgan fingerprint density at radius 1 is 1.48 bits per heavy atom. The van der Waals surface area contributed by atoms with E-state index in [1.807, 2.05) is 6.92 Å². The lowest BCUT2D eigenvalue weighted by Gasteiger charge is -2.34. The molecular formula is C13H13ClF2N2O3. The number of nitro groups is 1. The molecule has 2 rings (SSSR count). The van der Waals surface area contributed by atoms with E-state index in [1.165, 1.54) is 4.90 Å². The van der Waals surface area contributed by atoms with Gasteiger partial charge in [-0.2, -0.15) is 4.39 Å². The van der Waals surface area contributed by atoms with Crippen molar-refractivity contribution in [2.75, 3.05) is 13.1 Å². The largest absolute Gasteiger partial charge is 0.337 e. The van der Waals surface area contributed by atoms with Gasteiger partial charge in [0, 0.05) is 19.2 Å². The van der Waals surface area contributed by atoms with Crippen LogP contribution in [0.3, 0.4) is 0 Å². The van der Waals surface area contributed by atoms with Gasteiger partial charge in [0.1, 0.15) is 11.4 Å². The lowest BCUT2D eigenvalue weighted by Crippen LogP contribution is -2.44. The maximum atomic E-state index is 14.0. The number of hydrogen-bond acceptors (Lipinski definition) is 3. The Morgan fingerprint density at radius 3 is 2.71 bits per heavy atom. The molecule has 0 radical (unpaired) electrons. The number of alkyl halides is 1. The standard InChI is InChI=1S/C13H13ClF2N2O3/c1-7-4-5-17(6-8(7)14)13(19)11-9(15)2-3-10(12(11)16)18(20)21/h2-3,7-8H,4-6H2,1H3. The highest BCUT2D eigenvalue weighted by Gasteiger charge is 2.33. The Balaban J connectivity index is 2.35. The third kappa shape index (κ3) is 2.97. The van der Waals surface area contributed by atoms with Crippen LogP contribution in [0, 0.1) is 27.7 Å². The van der Waals surface area contributed by atoms with Crippen LogP contribution in [0.25, 0.3) is 0 Å². The third-order valence-corrected chi connectivity index (χ3v) is 4.20. The van der Waals surface area contributed by atoms with Gasteiger partial charge < -0.3 is 4.90 Å². The minimum absolute atomic E-state index is 0.156. The summed E-state index contributed by atoms with van der Waals surface area (Å²) in [7, 11) is 0. The molecule has 114 valence electrons. The quantitative estimate of drug-likeness (QED) is 0.478. The second-order valence-electron chi connectivity index (χ2n) is 5.05. The number of carbonyl (C=O) groups is 1. The van der Waals surface area contributed by atoms with Crippen molar-refractivity contribution in [1.29, 1.82) is 0 Å². The van der Waals surface area contributed by atoms with Crippen molar-refractivity contribution >= 4 is 23.2 Å². The van der Waals surface area contributed by atoms with E-state index in [9.17, 15) is 23.7 Å². The highest BCUT2D eigenvalue weighted by Crippen LogP contribution is 2.27. The molecule has 1 aliphatic rings. The molecule has 8 heteroatoms. The summed E-state index contributed by atoms with van der Waals surface area (Å²) in [5.41, 5.74) is -1.82. The normalized spacial score (nSPS) is 22.2. The molecule has 0 aliphatic carbocycles. The monoisotopic (exact) mass is 318 g/mol. The number of nitro benzene ring substituents is 1. The first-order chi connectivity index (χ1) is 9.82. The SMILES string of the molecule is CC1CCN(C(=O)c2c(F)ccc([N+](=O)[O-])c2F)CC1Cl. The minimum atomic E-state index is -1.45. The van der Waals surface area contributed by atoms with E-state index in [2.05, 4.69) is 0 Å². The van der Waals surface area contributed by atoms with Crippen molar-refractivity contribution in [2.24, 2.45) is 5.92 Å². The molecule has 2 unspecified atom stereocenters. The van der Waals surface area contributed by atoms with Crippen LogP contribution in [-0.4, -0.2) is 34.2 Å². The van der Waals surface area contributed by atoms with Crippen LogP contribution < -0.4 is 0 Å². The number of carbonyl (C=O) groups excluding carboxylic acids is 1. The second kappa shape index (κ2) is 5.93. The third-order valence-electron chi connectivity index (χ3n) is 3.64. The van der Waals surface area contributed by atoms with E-state index in [1.54, 1.807) is 0 Å². The van der Waals surface area contributed by atoms with Crippen LogP contribution in [0.2, 0.25) is 0 Å². The van der Waals surface area contributed by atoms with Gasteiger partial charge in [0.2, 0.25) is 5.82 Å². The number of hydrogen-bond donors (Lipinski definition) is 0. The number of nitrogens with zero attached hydrogens (tertiary/aromatic N) is 2. The van der Waals surface area contributed by atoms with Gasteiger partial charge in [-0.1, -0.05) is 6.92 Å². The number of likely N-dealkylation sites (tertiary alicyclic amines) is 1. The van der Waals surface area contributed by atoms with Gasteiger partial charge in [0.25, 0.3) is 5.91 Å². The summed E-state index contributed by atoms with van der Waals surface area (Å²) < 4.78 is 27.7. The first-order valence-electron chi connectivity index (χ1n) is 6.38. The van der Waals surface area contributed by atoms with Crippen molar-refractivity contribution in [1.82, 2.24) is 4.90 Å². The molecular weight excluding hydrogens is 306 g/mol. The molecule has 1 saturated heterocycles. The van der Waals surface area contributed by atoms with E-state index >= 15 is 0 Å². The summed E-state index contributed by atoms with van der Waals surface area (Å²) in [4.78, 5) is 23.1. The number of halogens is 3. The van der Waals surface area contributed by atoms with Gasteiger partial charge in [-0.05, 0) is 18.4 Å². The van der Waals surface area contributed by atoms with Crippen LogP contribution in [0.5, 0.6) is 0 Å². The highest BCUT2D eigenvalue weighted by molar-refractivity contribution is 6.21. The fraction of sp³-hybridized carbons (Fsp3) is 0.462. The van der Waals surface area contributed by atoms with Gasteiger partial charge in [0.05, 0.1) is 10.3 Å². The molecule has 0 N–H and O–H groups in total. The van der Waals surface area contributed by atoms with Crippen LogP contribution >= 0.6 is 11.6 Å². The Kier molecular flexibility index (Phi) is 4.41. The topological polar surface area (TPSA) is 63.5 Å². The smallest absolute Gasteiger partial charge is 0.305 e. The zero-order valence-corrected chi connectivity index (χ0v) is 11.9. The van der Waals surface area contributed by atoms with E-state index < -0.39 is 33.7 Å². The van der Waals surface area contributed by atoms with Crippen LogP contribution in [-0.2, 0) is 0 Å². The fourth-order valence-corrected chi connectivity index (χ4v) is 2.54. The van der Waals surface area contributed by atoms with Gasteiger partial charge in [0.15, 0.2) is 0 Å². The molecule has 5 nitrogen and oxygen atoms in total.